The third kappa shape index (κ3) is 4.99. The Morgan fingerprint density at radius 2 is 1.95 bits per heavy atom. The van der Waals surface area contributed by atoms with Crippen LogP contribution in [0.25, 0.3) is 0 Å². The van der Waals surface area contributed by atoms with E-state index in [-0.39, 0.29) is 24.2 Å². The topological polar surface area (TPSA) is 68.3 Å². The molecule has 0 bridgehead atoms. The Hall–Kier alpha value is -1.91. The van der Waals surface area contributed by atoms with Gasteiger partial charge >= 0.3 is 6.09 Å². The summed E-state index contributed by atoms with van der Waals surface area (Å²) in [6.45, 7) is 7.51. The lowest BCUT2D eigenvalue weighted by atomic mass is 9.93. The Balaban J connectivity index is 2.52. The highest BCUT2D eigenvalue weighted by atomic mass is 16.5. The normalized spacial score (nSPS) is 12.3. The lowest BCUT2D eigenvalue weighted by Gasteiger charge is -2.22. The second-order valence-corrected chi connectivity index (χ2v) is 5.32. The number of carbonyl (C=O) groups is 2. The van der Waals surface area contributed by atoms with Gasteiger partial charge in [-0.2, -0.15) is 0 Å². The molecule has 1 aromatic rings. The predicted octanol–water partition coefficient (Wildman–Crippen LogP) is 2.56. The van der Waals surface area contributed by atoms with Crippen molar-refractivity contribution in [3.05, 3.63) is 30.1 Å². The molecule has 0 fully saturated rings. The van der Waals surface area contributed by atoms with Gasteiger partial charge in [-0.15, -0.1) is 0 Å². The first-order chi connectivity index (χ1) is 9.41. The van der Waals surface area contributed by atoms with Gasteiger partial charge in [0.25, 0.3) is 0 Å². The molecule has 5 heteroatoms. The van der Waals surface area contributed by atoms with Crippen LogP contribution in [0.5, 0.6) is 0 Å². The number of ketones is 1. The Morgan fingerprint density at radius 1 is 1.25 bits per heavy atom. The third-order valence-corrected chi connectivity index (χ3v) is 2.89. The largest absolute Gasteiger partial charge is 0.443 e. The fourth-order valence-corrected chi connectivity index (χ4v) is 1.72. The van der Waals surface area contributed by atoms with E-state index in [0.29, 0.717) is 5.69 Å². The van der Waals surface area contributed by atoms with Crippen LogP contribution >= 0.6 is 0 Å². The van der Waals surface area contributed by atoms with Crippen LogP contribution in [0.15, 0.2) is 24.4 Å². The van der Waals surface area contributed by atoms with Crippen LogP contribution in [0.3, 0.4) is 0 Å². The van der Waals surface area contributed by atoms with Crippen LogP contribution < -0.4 is 5.32 Å². The van der Waals surface area contributed by atoms with Crippen molar-refractivity contribution in [2.24, 2.45) is 11.8 Å². The fraction of sp³-hybridized carbons (Fsp3) is 0.533. The standard InChI is InChI=1S/C15H22N2O3/c1-10(2)13(14(18)11(3)4)17-15(19)20-9-12-7-5-6-8-16-12/h5-8,10-11,13H,9H2,1-4H3,(H,17,19)/t13-/m0/s1. The van der Waals surface area contributed by atoms with E-state index in [1.165, 1.54) is 0 Å². The van der Waals surface area contributed by atoms with Gasteiger partial charge in [0, 0.05) is 12.1 Å². The fourth-order valence-electron chi connectivity index (χ4n) is 1.72. The zero-order valence-corrected chi connectivity index (χ0v) is 12.4. The lowest BCUT2D eigenvalue weighted by molar-refractivity contribution is -0.124. The smallest absolute Gasteiger partial charge is 0.408 e. The number of aromatic nitrogens is 1. The Kier molecular flexibility index (Phi) is 6.15. The summed E-state index contributed by atoms with van der Waals surface area (Å²) < 4.78 is 5.07. The van der Waals surface area contributed by atoms with Crippen molar-refractivity contribution in [1.29, 1.82) is 0 Å². The van der Waals surface area contributed by atoms with Gasteiger partial charge in [-0.25, -0.2) is 4.79 Å². The van der Waals surface area contributed by atoms with Crippen molar-refractivity contribution in [1.82, 2.24) is 10.3 Å². The number of nitrogens with zero attached hydrogens (tertiary/aromatic N) is 1. The zero-order chi connectivity index (χ0) is 15.1. The molecule has 1 rings (SSSR count). The number of hydrogen-bond acceptors (Lipinski definition) is 4. The molecule has 0 aliphatic carbocycles. The van der Waals surface area contributed by atoms with Gasteiger partial charge in [-0.3, -0.25) is 9.78 Å². The van der Waals surface area contributed by atoms with E-state index in [4.69, 9.17) is 4.74 Å². The maximum atomic E-state index is 12.0. The molecule has 1 N–H and O–H groups in total. The molecule has 1 amide bonds. The molecule has 110 valence electrons. The number of rotatable bonds is 6. The van der Waals surface area contributed by atoms with Crippen molar-refractivity contribution in [3.8, 4) is 0 Å². The number of alkyl carbamates (subject to hydrolysis) is 1. The van der Waals surface area contributed by atoms with Crippen LogP contribution in [0.1, 0.15) is 33.4 Å². The molecule has 1 aromatic heterocycles. The quantitative estimate of drug-likeness (QED) is 0.868. The van der Waals surface area contributed by atoms with Gasteiger partial charge in [0.05, 0.1) is 11.7 Å². The summed E-state index contributed by atoms with van der Waals surface area (Å²) in [7, 11) is 0. The van der Waals surface area contributed by atoms with Crippen LogP contribution in [0.2, 0.25) is 0 Å². The summed E-state index contributed by atoms with van der Waals surface area (Å²) >= 11 is 0. The summed E-state index contributed by atoms with van der Waals surface area (Å²) in [6.07, 6.45) is 1.04. The van der Waals surface area contributed by atoms with Gasteiger partial charge in [-0.1, -0.05) is 33.8 Å². The van der Waals surface area contributed by atoms with Crippen molar-refractivity contribution in [2.75, 3.05) is 0 Å². The average Bonchev–Trinajstić information content (AvgIpc) is 2.42. The molecule has 20 heavy (non-hydrogen) atoms. The molecular weight excluding hydrogens is 256 g/mol. The number of pyridine rings is 1. The lowest BCUT2D eigenvalue weighted by Crippen LogP contribution is -2.46. The Labute approximate surface area is 119 Å². The summed E-state index contributed by atoms with van der Waals surface area (Å²) in [4.78, 5) is 27.8. The van der Waals surface area contributed by atoms with Crippen molar-refractivity contribution < 1.29 is 14.3 Å². The van der Waals surface area contributed by atoms with Gasteiger partial charge in [0.15, 0.2) is 5.78 Å². The molecule has 0 radical (unpaired) electrons. The average molecular weight is 278 g/mol. The molecule has 0 saturated carbocycles. The number of ether oxygens (including phenoxy) is 1. The highest BCUT2D eigenvalue weighted by molar-refractivity contribution is 5.88. The first-order valence-corrected chi connectivity index (χ1v) is 6.78. The van der Waals surface area contributed by atoms with E-state index in [2.05, 4.69) is 10.3 Å². The van der Waals surface area contributed by atoms with E-state index in [0.717, 1.165) is 0 Å². The maximum Gasteiger partial charge on any atom is 0.408 e. The molecular formula is C15H22N2O3. The summed E-state index contributed by atoms with van der Waals surface area (Å²) in [5.74, 6) is -0.0967. The number of hydrogen-bond donors (Lipinski definition) is 1. The van der Waals surface area contributed by atoms with Crippen LogP contribution in [0, 0.1) is 11.8 Å². The molecule has 5 nitrogen and oxygen atoms in total. The summed E-state index contributed by atoms with van der Waals surface area (Å²) in [5.41, 5.74) is 0.666. The highest BCUT2D eigenvalue weighted by Gasteiger charge is 2.26. The van der Waals surface area contributed by atoms with Crippen molar-refractivity contribution in [2.45, 2.75) is 40.3 Å². The second kappa shape index (κ2) is 7.62. The van der Waals surface area contributed by atoms with Crippen molar-refractivity contribution in [3.63, 3.8) is 0 Å². The molecule has 0 spiro atoms. The van der Waals surface area contributed by atoms with E-state index >= 15 is 0 Å². The van der Waals surface area contributed by atoms with Gasteiger partial charge in [0.1, 0.15) is 6.61 Å². The van der Waals surface area contributed by atoms with Crippen LogP contribution in [-0.4, -0.2) is 22.9 Å². The number of amides is 1. The second-order valence-electron chi connectivity index (χ2n) is 5.32. The minimum absolute atomic E-state index is 0.00906. The maximum absolute atomic E-state index is 12.0. The van der Waals surface area contributed by atoms with Crippen LogP contribution in [0.4, 0.5) is 4.79 Å². The first kappa shape index (κ1) is 16.1. The zero-order valence-electron chi connectivity index (χ0n) is 12.4. The Bertz CT molecular complexity index is 444. The Morgan fingerprint density at radius 3 is 2.45 bits per heavy atom. The molecule has 0 unspecified atom stereocenters. The molecule has 0 aliphatic rings. The van der Waals surface area contributed by atoms with E-state index in [1.807, 2.05) is 33.8 Å². The van der Waals surface area contributed by atoms with Gasteiger partial charge in [0.2, 0.25) is 0 Å². The molecule has 1 heterocycles. The van der Waals surface area contributed by atoms with Crippen LogP contribution in [-0.2, 0) is 16.1 Å². The number of carbonyl (C=O) groups excluding carboxylic acids is 2. The SMILES string of the molecule is CC(C)C(=O)[C@@H](NC(=O)OCc1ccccn1)C(C)C. The monoisotopic (exact) mass is 278 g/mol. The minimum Gasteiger partial charge on any atom is -0.443 e. The highest BCUT2D eigenvalue weighted by Crippen LogP contribution is 2.09. The van der Waals surface area contributed by atoms with Gasteiger partial charge in [-0.05, 0) is 18.1 Å². The summed E-state index contributed by atoms with van der Waals surface area (Å²) in [6, 6.07) is 4.86. The van der Waals surface area contributed by atoms with E-state index < -0.39 is 12.1 Å². The number of Topliss-reactive ketones (excluding diaryl/α,β-unsaturated/α-hetero) is 1. The van der Waals surface area contributed by atoms with Gasteiger partial charge < -0.3 is 10.1 Å². The predicted molar refractivity (Wildman–Crippen MR) is 76.0 cm³/mol. The first-order valence-electron chi connectivity index (χ1n) is 6.78. The third-order valence-electron chi connectivity index (χ3n) is 2.89. The molecule has 0 aliphatic heterocycles. The molecule has 1 atom stereocenters. The van der Waals surface area contributed by atoms with Crippen molar-refractivity contribution >= 4 is 11.9 Å². The number of nitrogens with one attached hydrogen (secondary N) is 1. The molecule has 0 aromatic carbocycles. The summed E-state index contributed by atoms with van der Waals surface area (Å²) in [5, 5.41) is 2.63. The molecule has 0 saturated heterocycles. The minimum atomic E-state index is -0.594. The van der Waals surface area contributed by atoms with E-state index in [9.17, 15) is 9.59 Å². The van der Waals surface area contributed by atoms with E-state index in [1.54, 1.807) is 18.3 Å².